The zero-order valence-corrected chi connectivity index (χ0v) is 15.2. The number of aromatic nitrogens is 2. The number of rotatable bonds is 7. The van der Waals surface area contributed by atoms with Gasteiger partial charge in [0.2, 0.25) is 5.91 Å². The normalized spacial score (nSPS) is 16.7. The predicted octanol–water partition coefficient (Wildman–Crippen LogP) is 2.64. The highest BCUT2D eigenvalue weighted by atomic mass is 16.1. The van der Waals surface area contributed by atoms with Gasteiger partial charge >= 0.3 is 0 Å². The fraction of sp³-hybridized carbons (Fsp3) is 0.500. The van der Waals surface area contributed by atoms with Gasteiger partial charge in [-0.2, -0.15) is 5.10 Å². The van der Waals surface area contributed by atoms with E-state index in [1.165, 1.54) is 11.3 Å². The molecule has 0 saturated carbocycles. The second kappa shape index (κ2) is 8.30. The Morgan fingerprint density at radius 2 is 2.04 bits per heavy atom. The molecule has 1 aliphatic rings. The molecule has 0 saturated heterocycles. The van der Waals surface area contributed by atoms with Crippen molar-refractivity contribution < 1.29 is 4.79 Å². The molecule has 1 heterocycles. The molecule has 134 valence electrons. The number of H-pyrrole nitrogens is 1. The van der Waals surface area contributed by atoms with Crippen LogP contribution >= 0.6 is 0 Å². The van der Waals surface area contributed by atoms with Crippen LogP contribution < -0.4 is 5.32 Å². The minimum Gasteiger partial charge on any atom is -0.355 e. The van der Waals surface area contributed by atoms with Crippen LogP contribution in [0.5, 0.6) is 0 Å². The van der Waals surface area contributed by atoms with Crippen molar-refractivity contribution in [1.29, 1.82) is 0 Å². The van der Waals surface area contributed by atoms with E-state index in [0.717, 1.165) is 56.7 Å². The maximum Gasteiger partial charge on any atom is 0.223 e. The molecule has 0 radical (unpaired) electrons. The summed E-state index contributed by atoms with van der Waals surface area (Å²) < 4.78 is 0. The molecular formula is C20H28N4O. The Kier molecular flexibility index (Phi) is 5.87. The predicted molar refractivity (Wildman–Crippen MR) is 100 cm³/mol. The van der Waals surface area contributed by atoms with E-state index in [1.54, 1.807) is 0 Å². The number of carbonyl (C=O) groups is 1. The molecule has 1 amide bonds. The average Bonchev–Trinajstić information content (AvgIpc) is 3.09. The molecule has 1 aromatic heterocycles. The van der Waals surface area contributed by atoms with Gasteiger partial charge in [0.05, 0.1) is 5.69 Å². The lowest BCUT2D eigenvalue weighted by Gasteiger charge is -2.23. The molecular weight excluding hydrogens is 312 g/mol. The summed E-state index contributed by atoms with van der Waals surface area (Å²) in [5, 5.41) is 10.8. The van der Waals surface area contributed by atoms with Gasteiger partial charge in [-0.05, 0) is 32.4 Å². The van der Waals surface area contributed by atoms with Crippen LogP contribution in [-0.2, 0) is 17.6 Å². The van der Waals surface area contributed by atoms with Crippen molar-refractivity contribution in [3.8, 4) is 11.3 Å². The van der Waals surface area contributed by atoms with E-state index in [0.29, 0.717) is 0 Å². The maximum absolute atomic E-state index is 12.6. The van der Waals surface area contributed by atoms with Gasteiger partial charge in [0.15, 0.2) is 0 Å². The average molecular weight is 340 g/mol. The van der Waals surface area contributed by atoms with E-state index in [-0.39, 0.29) is 11.8 Å². The smallest absolute Gasteiger partial charge is 0.223 e. The third kappa shape index (κ3) is 4.10. The Labute approximate surface area is 149 Å². The van der Waals surface area contributed by atoms with Gasteiger partial charge in [0.25, 0.3) is 0 Å². The monoisotopic (exact) mass is 340 g/mol. The van der Waals surface area contributed by atoms with Gasteiger partial charge in [-0.15, -0.1) is 0 Å². The highest BCUT2D eigenvalue weighted by Crippen LogP contribution is 2.31. The van der Waals surface area contributed by atoms with Crippen LogP contribution in [0.25, 0.3) is 11.3 Å². The summed E-state index contributed by atoms with van der Waals surface area (Å²) in [6.45, 7) is 7.98. The van der Waals surface area contributed by atoms with Crippen LogP contribution in [0.3, 0.4) is 0 Å². The Bertz CT molecular complexity index is 691. The zero-order chi connectivity index (χ0) is 17.6. The second-order valence-electron chi connectivity index (χ2n) is 6.65. The molecule has 5 nitrogen and oxygen atoms in total. The molecule has 2 aromatic rings. The van der Waals surface area contributed by atoms with Crippen LogP contribution in [0.1, 0.15) is 31.5 Å². The maximum atomic E-state index is 12.6. The van der Waals surface area contributed by atoms with Crippen molar-refractivity contribution in [2.75, 3.05) is 26.2 Å². The molecule has 0 bridgehead atoms. The number of hydrogen-bond acceptors (Lipinski definition) is 3. The lowest BCUT2D eigenvalue weighted by molar-refractivity contribution is -0.125. The number of aromatic amines is 1. The van der Waals surface area contributed by atoms with Crippen LogP contribution in [-0.4, -0.2) is 47.2 Å². The SMILES string of the molecule is CCN(CC)CCNC(=O)[C@H]1CCc2[nH]nc(-c3ccccc3)c2C1. The first-order valence-corrected chi connectivity index (χ1v) is 9.34. The van der Waals surface area contributed by atoms with Gasteiger partial charge in [-0.25, -0.2) is 0 Å². The van der Waals surface area contributed by atoms with Crippen LogP contribution in [0, 0.1) is 5.92 Å². The van der Waals surface area contributed by atoms with E-state index in [2.05, 4.69) is 46.4 Å². The number of nitrogens with zero attached hydrogens (tertiary/aromatic N) is 2. The molecule has 5 heteroatoms. The second-order valence-corrected chi connectivity index (χ2v) is 6.65. The van der Waals surface area contributed by atoms with Gasteiger partial charge in [0.1, 0.15) is 0 Å². The van der Waals surface area contributed by atoms with Crippen molar-refractivity contribution in [2.45, 2.75) is 33.1 Å². The summed E-state index contributed by atoms with van der Waals surface area (Å²) >= 11 is 0. The Morgan fingerprint density at radius 1 is 1.28 bits per heavy atom. The molecule has 0 unspecified atom stereocenters. The number of fused-ring (bicyclic) bond motifs is 1. The van der Waals surface area contributed by atoms with Gasteiger partial charge < -0.3 is 10.2 Å². The van der Waals surface area contributed by atoms with Gasteiger partial charge in [-0.3, -0.25) is 9.89 Å². The van der Waals surface area contributed by atoms with Crippen molar-refractivity contribution in [1.82, 2.24) is 20.4 Å². The fourth-order valence-electron chi connectivity index (χ4n) is 3.57. The number of benzene rings is 1. The molecule has 0 spiro atoms. The van der Waals surface area contributed by atoms with Crippen LogP contribution in [0.15, 0.2) is 30.3 Å². The third-order valence-corrected chi connectivity index (χ3v) is 5.19. The third-order valence-electron chi connectivity index (χ3n) is 5.19. The molecule has 2 N–H and O–H groups in total. The van der Waals surface area contributed by atoms with E-state index < -0.39 is 0 Å². The van der Waals surface area contributed by atoms with Crippen LogP contribution in [0.4, 0.5) is 0 Å². The van der Waals surface area contributed by atoms with E-state index in [4.69, 9.17) is 0 Å². The Morgan fingerprint density at radius 3 is 2.76 bits per heavy atom. The minimum atomic E-state index is 0.0456. The minimum absolute atomic E-state index is 0.0456. The van der Waals surface area contributed by atoms with Crippen molar-refractivity contribution in [3.05, 3.63) is 41.6 Å². The molecule has 0 aliphatic heterocycles. The summed E-state index contributed by atoms with van der Waals surface area (Å²) in [4.78, 5) is 14.9. The van der Waals surface area contributed by atoms with E-state index in [1.807, 2.05) is 18.2 Å². The Balaban J connectivity index is 1.63. The number of likely N-dealkylation sites (N-methyl/N-ethyl adjacent to an activating group) is 1. The highest BCUT2D eigenvalue weighted by molar-refractivity contribution is 5.80. The Hall–Kier alpha value is -2.14. The van der Waals surface area contributed by atoms with Gasteiger partial charge in [0, 0.05) is 35.8 Å². The number of nitrogens with one attached hydrogen (secondary N) is 2. The number of amides is 1. The number of aryl methyl sites for hydroxylation is 1. The molecule has 1 aliphatic carbocycles. The first kappa shape index (κ1) is 17.7. The summed E-state index contributed by atoms with van der Waals surface area (Å²) in [6.07, 6.45) is 2.55. The first-order chi connectivity index (χ1) is 12.2. The zero-order valence-electron chi connectivity index (χ0n) is 15.2. The van der Waals surface area contributed by atoms with Gasteiger partial charge in [-0.1, -0.05) is 44.2 Å². The van der Waals surface area contributed by atoms with Crippen molar-refractivity contribution >= 4 is 5.91 Å². The van der Waals surface area contributed by atoms with E-state index in [9.17, 15) is 4.79 Å². The summed E-state index contributed by atoms with van der Waals surface area (Å²) in [5.74, 6) is 0.224. The quantitative estimate of drug-likeness (QED) is 0.814. The molecule has 0 fully saturated rings. The molecule has 3 rings (SSSR count). The standard InChI is InChI=1S/C20H28N4O/c1-3-24(4-2)13-12-21-20(25)16-10-11-18-17(14-16)19(23-22-18)15-8-6-5-7-9-15/h5-9,16H,3-4,10-14H2,1-2H3,(H,21,25)(H,22,23)/t16-/m0/s1. The molecule has 1 atom stereocenters. The summed E-state index contributed by atoms with van der Waals surface area (Å²) in [6, 6.07) is 10.2. The molecule has 25 heavy (non-hydrogen) atoms. The van der Waals surface area contributed by atoms with Crippen molar-refractivity contribution in [2.24, 2.45) is 5.92 Å². The lowest BCUT2D eigenvalue weighted by atomic mass is 9.85. The largest absolute Gasteiger partial charge is 0.355 e. The topological polar surface area (TPSA) is 61.0 Å². The highest BCUT2D eigenvalue weighted by Gasteiger charge is 2.28. The van der Waals surface area contributed by atoms with Crippen molar-refractivity contribution in [3.63, 3.8) is 0 Å². The summed E-state index contributed by atoms with van der Waals surface area (Å²) in [7, 11) is 0. The van der Waals surface area contributed by atoms with Crippen LogP contribution in [0.2, 0.25) is 0 Å². The lowest BCUT2D eigenvalue weighted by Crippen LogP contribution is -2.39. The first-order valence-electron chi connectivity index (χ1n) is 9.34. The molecule has 1 aromatic carbocycles. The fourth-order valence-corrected chi connectivity index (χ4v) is 3.57. The summed E-state index contributed by atoms with van der Waals surface area (Å²) in [5.41, 5.74) is 4.51. The number of hydrogen-bond donors (Lipinski definition) is 2. The number of carbonyl (C=O) groups excluding carboxylic acids is 1. The van der Waals surface area contributed by atoms with E-state index >= 15 is 0 Å².